The quantitative estimate of drug-likeness (QED) is 0.516. The molecular formula is C7H9NO3. The molecule has 1 aliphatic heterocycles. The zero-order valence-corrected chi connectivity index (χ0v) is 5.96. The number of aliphatic carboxylic acids is 1. The molecule has 0 aromatic carbocycles. The summed E-state index contributed by atoms with van der Waals surface area (Å²) in [4.78, 5) is 10.6. The number of carboxylic acid groups (broad SMARTS) is 1. The number of ether oxygens (including phenoxy) is 1. The number of carbonyl (C=O) groups is 1. The molecule has 11 heavy (non-hydrogen) atoms. The Bertz CT molecular complexity index is 202. The van der Waals surface area contributed by atoms with Crippen LogP contribution >= 0.6 is 0 Å². The summed E-state index contributed by atoms with van der Waals surface area (Å²) in [6.45, 7) is 0.656. The van der Waals surface area contributed by atoms with Crippen molar-refractivity contribution < 1.29 is 14.6 Å². The van der Waals surface area contributed by atoms with E-state index in [4.69, 9.17) is 16.3 Å². The van der Waals surface area contributed by atoms with Crippen molar-refractivity contribution >= 4 is 5.97 Å². The van der Waals surface area contributed by atoms with Crippen LogP contribution in [0.2, 0.25) is 0 Å². The highest BCUT2D eigenvalue weighted by Crippen LogP contribution is 2.16. The third-order valence-electron chi connectivity index (χ3n) is 1.64. The zero-order valence-electron chi connectivity index (χ0n) is 5.96. The van der Waals surface area contributed by atoms with Gasteiger partial charge in [-0.05, 0) is 0 Å². The Hall–Kier alpha value is -1.05. The second-order valence-corrected chi connectivity index (χ2v) is 2.44. The van der Waals surface area contributed by atoms with Gasteiger partial charge >= 0.3 is 5.97 Å². The van der Waals surface area contributed by atoms with Crippen molar-refractivity contribution in [1.82, 2.24) is 5.32 Å². The molecule has 1 rings (SSSR count). The minimum atomic E-state index is -0.924. The molecule has 4 heteroatoms. The number of nitrogens with one attached hydrogen (secondary N) is 1. The fourth-order valence-electron chi connectivity index (χ4n) is 0.828. The van der Waals surface area contributed by atoms with Crippen molar-refractivity contribution in [3.05, 3.63) is 0 Å². The van der Waals surface area contributed by atoms with E-state index in [1.807, 2.05) is 0 Å². The highest BCUT2D eigenvalue weighted by atomic mass is 16.5. The number of terminal acetylenes is 1. The molecule has 0 spiro atoms. The van der Waals surface area contributed by atoms with Crippen LogP contribution < -0.4 is 5.32 Å². The highest BCUT2D eigenvalue weighted by Gasteiger charge is 2.45. The number of hydrogen-bond acceptors (Lipinski definition) is 3. The molecule has 0 bridgehead atoms. The normalized spacial score (nSPS) is 19.9. The van der Waals surface area contributed by atoms with Gasteiger partial charge in [0, 0.05) is 0 Å². The summed E-state index contributed by atoms with van der Waals surface area (Å²) < 4.78 is 4.78. The van der Waals surface area contributed by atoms with E-state index in [1.54, 1.807) is 0 Å². The minimum absolute atomic E-state index is 0.198. The van der Waals surface area contributed by atoms with Crippen LogP contribution in [0.3, 0.4) is 0 Å². The topological polar surface area (TPSA) is 58.6 Å². The maximum absolute atomic E-state index is 10.6. The van der Waals surface area contributed by atoms with Crippen LogP contribution in [-0.4, -0.2) is 36.4 Å². The molecule has 0 aromatic heterocycles. The Labute approximate surface area is 64.5 Å². The van der Waals surface area contributed by atoms with Crippen LogP contribution in [0, 0.1) is 12.3 Å². The summed E-state index contributed by atoms with van der Waals surface area (Å²) in [5, 5.41) is 11.4. The average molecular weight is 155 g/mol. The second kappa shape index (κ2) is 2.91. The van der Waals surface area contributed by atoms with E-state index in [-0.39, 0.29) is 19.8 Å². The van der Waals surface area contributed by atoms with E-state index in [1.165, 1.54) is 0 Å². The monoisotopic (exact) mass is 155 g/mol. The summed E-state index contributed by atoms with van der Waals surface area (Å²) >= 11 is 0. The molecule has 0 atom stereocenters. The van der Waals surface area contributed by atoms with Crippen LogP contribution in [0.1, 0.15) is 0 Å². The molecule has 1 heterocycles. The number of carboxylic acids is 1. The molecular weight excluding hydrogens is 146 g/mol. The van der Waals surface area contributed by atoms with Crippen LogP contribution in [0.5, 0.6) is 0 Å². The van der Waals surface area contributed by atoms with Crippen molar-refractivity contribution in [2.24, 2.45) is 0 Å². The lowest BCUT2D eigenvalue weighted by Gasteiger charge is -2.37. The fraction of sp³-hybridized carbons (Fsp3) is 0.571. The van der Waals surface area contributed by atoms with Crippen molar-refractivity contribution in [2.45, 2.75) is 5.54 Å². The van der Waals surface area contributed by atoms with Crippen molar-refractivity contribution in [3.63, 3.8) is 0 Å². The first-order valence-electron chi connectivity index (χ1n) is 3.21. The lowest BCUT2D eigenvalue weighted by molar-refractivity contribution is -0.165. The first-order valence-corrected chi connectivity index (χ1v) is 3.21. The molecule has 0 aromatic rings. The van der Waals surface area contributed by atoms with E-state index in [0.29, 0.717) is 0 Å². The van der Waals surface area contributed by atoms with Crippen LogP contribution in [0.4, 0.5) is 0 Å². The lowest BCUT2D eigenvalue weighted by Crippen LogP contribution is -2.65. The van der Waals surface area contributed by atoms with Crippen molar-refractivity contribution in [2.75, 3.05) is 19.8 Å². The average Bonchev–Trinajstić information content (AvgIpc) is 1.85. The molecule has 0 unspecified atom stereocenters. The Morgan fingerprint density at radius 1 is 1.82 bits per heavy atom. The summed E-state index contributed by atoms with van der Waals surface area (Å²) in [5.41, 5.74) is -0.924. The first-order chi connectivity index (χ1) is 5.21. The van der Waals surface area contributed by atoms with E-state index in [9.17, 15) is 4.79 Å². The van der Waals surface area contributed by atoms with E-state index >= 15 is 0 Å². The molecule has 60 valence electrons. The predicted octanol–water partition coefficient (Wildman–Crippen LogP) is -0.937. The van der Waals surface area contributed by atoms with Gasteiger partial charge in [0.05, 0.1) is 19.8 Å². The van der Waals surface area contributed by atoms with Crippen LogP contribution in [-0.2, 0) is 9.53 Å². The van der Waals surface area contributed by atoms with E-state index in [2.05, 4.69) is 11.2 Å². The maximum Gasteiger partial charge on any atom is 0.328 e. The van der Waals surface area contributed by atoms with Gasteiger partial charge in [0.15, 0.2) is 5.54 Å². The molecule has 0 amide bonds. The highest BCUT2D eigenvalue weighted by molar-refractivity contribution is 5.80. The summed E-state index contributed by atoms with van der Waals surface area (Å²) in [6, 6.07) is 0. The Morgan fingerprint density at radius 3 is 2.73 bits per heavy atom. The number of rotatable bonds is 3. The zero-order chi connectivity index (χ0) is 8.32. The van der Waals surface area contributed by atoms with E-state index < -0.39 is 11.5 Å². The van der Waals surface area contributed by atoms with Gasteiger partial charge in [-0.3, -0.25) is 10.1 Å². The molecule has 1 saturated heterocycles. The summed E-state index contributed by atoms with van der Waals surface area (Å²) in [7, 11) is 0. The van der Waals surface area contributed by atoms with Crippen LogP contribution in [0.15, 0.2) is 0 Å². The third kappa shape index (κ3) is 1.34. The van der Waals surface area contributed by atoms with Gasteiger partial charge < -0.3 is 9.84 Å². The number of hydrogen-bond donors (Lipinski definition) is 2. The predicted molar refractivity (Wildman–Crippen MR) is 38.0 cm³/mol. The van der Waals surface area contributed by atoms with Gasteiger partial charge in [-0.1, -0.05) is 5.92 Å². The third-order valence-corrected chi connectivity index (χ3v) is 1.64. The van der Waals surface area contributed by atoms with E-state index in [0.717, 1.165) is 0 Å². The smallest absolute Gasteiger partial charge is 0.328 e. The Morgan fingerprint density at radius 2 is 2.45 bits per heavy atom. The Balaban J connectivity index is 2.48. The van der Waals surface area contributed by atoms with Gasteiger partial charge in [0.1, 0.15) is 0 Å². The first kappa shape index (κ1) is 8.05. The second-order valence-electron chi connectivity index (χ2n) is 2.44. The minimum Gasteiger partial charge on any atom is -0.480 e. The molecule has 0 radical (unpaired) electrons. The van der Waals surface area contributed by atoms with Gasteiger partial charge in [0.2, 0.25) is 0 Å². The lowest BCUT2D eigenvalue weighted by atomic mass is 9.98. The Kier molecular flexibility index (Phi) is 2.13. The summed E-state index contributed by atoms with van der Waals surface area (Å²) in [5.74, 6) is 1.41. The van der Waals surface area contributed by atoms with Crippen LogP contribution in [0.25, 0.3) is 0 Å². The van der Waals surface area contributed by atoms with Crippen molar-refractivity contribution in [1.29, 1.82) is 0 Å². The summed E-state index contributed by atoms with van der Waals surface area (Å²) in [6.07, 6.45) is 4.97. The molecule has 4 nitrogen and oxygen atoms in total. The maximum atomic E-state index is 10.6. The molecule has 0 aliphatic carbocycles. The van der Waals surface area contributed by atoms with Gasteiger partial charge in [0.25, 0.3) is 0 Å². The molecule has 2 N–H and O–H groups in total. The van der Waals surface area contributed by atoms with Gasteiger partial charge in [-0.2, -0.15) is 0 Å². The fourth-order valence-corrected chi connectivity index (χ4v) is 0.828. The molecule has 1 aliphatic rings. The molecule has 0 saturated carbocycles. The largest absolute Gasteiger partial charge is 0.480 e. The standard InChI is InChI=1S/C7H9NO3/c1-2-3-8-7(6(9)10)4-11-5-7/h1,8H,3-5H2,(H,9,10). The SMILES string of the molecule is C#CCNC1(C(=O)O)COC1. The van der Waals surface area contributed by atoms with Gasteiger partial charge in [-0.15, -0.1) is 6.42 Å². The van der Waals surface area contributed by atoms with Crippen molar-refractivity contribution in [3.8, 4) is 12.3 Å². The molecule has 1 fully saturated rings. The van der Waals surface area contributed by atoms with Gasteiger partial charge in [-0.25, -0.2) is 0 Å².